The van der Waals surface area contributed by atoms with Crippen molar-refractivity contribution in [2.24, 2.45) is 0 Å². The third kappa shape index (κ3) is 5.65. The van der Waals surface area contributed by atoms with Crippen LogP contribution < -0.4 is 5.32 Å². The first-order valence-corrected chi connectivity index (χ1v) is 9.28. The van der Waals surface area contributed by atoms with Crippen molar-refractivity contribution in [1.29, 1.82) is 5.26 Å². The molecule has 1 heterocycles. The van der Waals surface area contributed by atoms with Gasteiger partial charge in [0.05, 0.1) is 12.7 Å². The summed E-state index contributed by atoms with van der Waals surface area (Å²) in [5, 5.41) is 20.4. The van der Waals surface area contributed by atoms with E-state index in [-0.39, 0.29) is 17.5 Å². The van der Waals surface area contributed by atoms with Crippen molar-refractivity contribution in [3.8, 4) is 6.07 Å². The van der Waals surface area contributed by atoms with E-state index in [0.717, 1.165) is 31.2 Å². The van der Waals surface area contributed by atoms with Crippen LogP contribution in [0.2, 0.25) is 0 Å². The molecule has 1 N–H and O–H groups in total. The number of nitrogens with one attached hydrogen (secondary N) is 1. The van der Waals surface area contributed by atoms with Crippen molar-refractivity contribution in [2.75, 3.05) is 0 Å². The van der Waals surface area contributed by atoms with Gasteiger partial charge < -0.3 is 5.32 Å². The van der Waals surface area contributed by atoms with E-state index in [0.29, 0.717) is 12.2 Å². The van der Waals surface area contributed by atoms with Gasteiger partial charge in [-0.3, -0.25) is 4.79 Å². The van der Waals surface area contributed by atoms with E-state index in [1.807, 2.05) is 42.6 Å². The normalized spacial score (nSPS) is 15.6. The molecule has 0 radical (unpaired) electrons. The maximum atomic E-state index is 12.2. The molecule has 6 nitrogen and oxygen atoms in total. The van der Waals surface area contributed by atoms with E-state index in [2.05, 4.69) is 15.6 Å². The summed E-state index contributed by atoms with van der Waals surface area (Å²) in [4.78, 5) is 12.2. The highest BCUT2D eigenvalue weighted by Gasteiger charge is 2.17. The summed E-state index contributed by atoms with van der Waals surface area (Å²) in [6.45, 7) is 0.644. The molecule has 1 saturated carbocycles. The van der Waals surface area contributed by atoms with Crippen molar-refractivity contribution in [1.82, 2.24) is 20.3 Å². The van der Waals surface area contributed by atoms with E-state index in [1.54, 1.807) is 16.8 Å². The minimum absolute atomic E-state index is 0.105. The van der Waals surface area contributed by atoms with Gasteiger partial charge in [0.1, 0.15) is 17.3 Å². The third-order valence-corrected chi connectivity index (χ3v) is 4.58. The lowest BCUT2D eigenvalue weighted by Crippen LogP contribution is -2.36. The molecule has 0 unspecified atom stereocenters. The SMILES string of the molecule is N#C/C(=C\C=C\c1cn(Cc2ccccc2)nn1)C(=O)NC1CCCCC1. The molecule has 1 aliphatic rings. The van der Waals surface area contributed by atoms with Crippen molar-refractivity contribution in [3.05, 3.63) is 65.5 Å². The maximum absolute atomic E-state index is 12.2. The minimum Gasteiger partial charge on any atom is -0.349 e. The molecule has 1 aliphatic carbocycles. The number of allylic oxidation sites excluding steroid dienone is 2. The van der Waals surface area contributed by atoms with Crippen LogP contribution in [0.3, 0.4) is 0 Å². The number of aromatic nitrogens is 3. The van der Waals surface area contributed by atoms with Gasteiger partial charge >= 0.3 is 0 Å². The van der Waals surface area contributed by atoms with Crippen LogP contribution in [0, 0.1) is 11.3 Å². The number of hydrogen-bond acceptors (Lipinski definition) is 4. The van der Waals surface area contributed by atoms with Gasteiger partial charge in [-0.2, -0.15) is 5.26 Å². The molecule has 27 heavy (non-hydrogen) atoms. The van der Waals surface area contributed by atoms with E-state index in [4.69, 9.17) is 0 Å². The average Bonchev–Trinajstić information content (AvgIpc) is 3.14. The van der Waals surface area contributed by atoms with Crippen LogP contribution in [0.1, 0.15) is 43.4 Å². The molecule has 0 bridgehead atoms. The van der Waals surface area contributed by atoms with Gasteiger partial charge in [-0.05, 0) is 30.6 Å². The molecule has 0 atom stereocenters. The number of benzene rings is 1. The second kappa shape index (κ2) is 9.48. The molecule has 138 valence electrons. The van der Waals surface area contributed by atoms with Crippen LogP contribution in [0.5, 0.6) is 0 Å². The lowest BCUT2D eigenvalue weighted by Gasteiger charge is -2.22. The highest BCUT2D eigenvalue weighted by molar-refractivity contribution is 5.97. The Hall–Kier alpha value is -3.20. The number of nitrogens with zero attached hydrogens (tertiary/aromatic N) is 4. The quantitative estimate of drug-likeness (QED) is 0.486. The summed E-state index contributed by atoms with van der Waals surface area (Å²) in [7, 11) is 0. The molecule has 0 saturated heterocycles. The summed E-state index contributed by atoms with van der Waals surface area (Å²) in [5.41, 5.74) is 1.92. The monoisotopic (exact) mass is 361 g/mol. The molecule has 0 spiro atoms. The lowest BCUT2D eigenvalue weighted by molar-refractivity contribution is -0.118. The van der Waals surface area contributed by atoms with Gasteiger partial charge in [0.25, 0.3) is 5.91 Å². The first-order valence-electron chi connectivity index (χ1n) is 9.28. The smallest absolute Gasteiger partial charge is 0.262 e. The predicted molar refractivity (Wildman–Crippen MR) is 103 cm³/mol. The largest absolute Gasteiger partial charge is 0.349 e. The Morgan fingerprint density at radius 1 is 1.26 bits per heavy atom. The Labute approximate surface area is 159 Å². The van der Waals surface area contributed by atoms with Crippen LogP contribution in [-0.4, -0.2) is 26.9 Å². The Morgan fingerprint density at radius 3 is 2.78 bits per heavy atom. The fourth-order valence-corrected chi connectivity index (χ4v) is 3.15. The summed E-state index contributed by atoms with van der Waals surface area (Å²) in [6.07, 6.45) is 12.2. The van der Waals surface area contributed by atoms with Crippen molar-refractivity contribution >= 4 is 12.0 Å². The molecule has 1 fully saturated rings. The molecule has 1 aromatic heterocycles. The summed E-state index contributed by atoms with van der Waals surface area (Å²) in [5.74, 6) is -0.304. The van der Waals surface area contributed by atoms with E-state index in [9.17, 15) is 10.1 Å². The molecule has 6 heteroatoms. The van der Waals surface area contributed by atoms with Crippen LogP contribution in [0.15, 0.2) is 54.3 Å². The van der Waals surface area contributed by atoms with Gasteiger partial charge in [-0.1, -0.05) is 60.9 Å². The standard InChI is InChI=1S/C21H23N5O/c22-14-18(21(27)23-19-11-5-2-6-12-19)10-7-13-20-16-26(25-24-20)15-17-8-3-1-4-9-17/h1,3-4,7-10,13,16,19H,2,5-6,11-12,15H2,(H,23,27)/b13-7+,18-10+. The highest BCUT2D eigenvalue weighted by atomic mass is 16.1. The molecule has 2 aromatic rings. The van der Waals surface area contributed by atoms with Crippen LogP contribution in [-0.2, 0) is 11.3 Å². The fraction of sp³-hybridized carbons (Fsp3) is 0.333. The summed E-state index contributed by atoms with van der Waals surface area (Å²) < 4.78 is 1.75. The van der Waals surface area contributed by atoms with Gasteiger partial charge in [-0.15, -0.1) is 5.10 Å². The number of hydrogen-bond donors (Lipinski definition) is 1. The highest BCUT2D eigenvalue weighted by Crippen LogP contribution is 2.17. The van der Waals surface area contributed by atoms with Crippen LogP contribution in [0.25, 0.3) is 6.08 Å². The number of rotatable bonds is 6. The Balaban J connectivity index is 1.57. The second-order valence-electron chi connectivity index (χ2n) is 6.69. The molecule has 1 aromatic carbocycles. The lowest BCUT2D eigenvalue weighted by atomic mass is 9.95. The average molecular weight is 361 g/mol. The molecule has 3 rings (SSSR count). The van der Waals surface area contributed by atoms with E-state index in [1.165, 1.54) is 12.5 Å². The molecular weight excluding hydrogens is 338 g/mol. The Kier molecular flexibility index (Phi) is 6.53. The first-order chi connectivity index (χ1) is 13.2. The van der Waals surface area contributed by atoms with Crippen molar-refractivity contribution in [3.63, 3.8) is 0 Å². The zero-order valence-corrected chi connectivity index (χ0v) is 15.2. The van der Waals surface area contributed by atoms with Crippen LogP contribution >= 0.6 is 0 Å². The van der Waals surface area contributed by atoms with Crippen molar-refractivity contribution < 1.29 is 4.79 Å². The summed E-state index contributed by atoms with van der Waals surface area (Å²) in [6, 6.07) is 12.2. The Morgan fingerprint density at radius 2 is 2.04 bits per heavy atom. The Bertz CT molecular complexity index is 854. The predicted octanol–water partition coefficient (Wildman–Crippen LogP) is 3.24. The zero-order valence-electron chi connectivity index (χ0n) is 15.2. The van der Waals surface area contributed by atoms with Gasteiger partial charge in [-0.25, -0.2) is 4.68 Å². The fourth-order valence-electron chi connectivity index (χ4n) is 3.15. The number of amides is 1. The van der Waals surface area contributed by atoms with E-state index >= 15 is 0 Å². The zero-order chi connectivity index (χ0) is 18.9. The van der Waals surface area contributed by atoms with Gasteiger partial charge in [0.2, 0.25) is 0 Å². The van der Waals surface area contributed by atoms with Crippen molar-refractivity contribution in [2.45, 2.75) is 44.7 Å². The second-order valence-corrected chi connectivity index (χ2v) is 6.69. The number of carbonyl (C=O) groups is 1. The third-order valence-electron chi connectivity index (χ3n) is 4.58. The topological polar surface area (TPSA) is 83.6 Å². The van der Waals surface area contributed by atoms with E-state index < -0.39 is 0 Å². The molecule has 0 aliphatic heterocycles. The minimum atomic E-state index is -0.304. The number of carbonyl (C=O) groups excluding carboxylic acids is 1. The molecular formula is C21H23N5O. The summed E-state index contributed by atoms with van der Waals surface area (Å²) >= 11 is 0. The van der Waals surface area contributed by atoms with Gasteiger partial charge in [0, 0.05) is 6.04 Å². The first kappa shape index (κ1) is 18.6. The van der Waals surface area contributed by atoms with Gasteiger partial charge in [0.15, 0.2) is 0 Å². The molecule has 1 amide bonds. The maximum Gasteiger partial charge on any atom is 0.262 e. The number of nitriles is 1. The van der Waals surface area contributed by atoms with Crippen LogP contribution in [0.4, 0.5) is 0 Å².